The molecule has 4 nitrogen and oxygen atoms in total. The minimum absolute atomic E-state index is 0.202. The van der Waals surface area contributed by atoms with Crippen LogP contribution in [0.1, 0.15) is 18.4 Å². The summed E-state index contributed by atoms with van der Waals surface area (Å²) in [5.41, 5.74) is 6.66. The van der Waals surface area contributed by atoms with Crippen LogP contribution in [-0.2, 0) is 6.42 Å². The molecule has 4 heteroatoms. The van der Waals surface area contributed by atoms with Gasteiger partial charge in [0.25, 0.3) is 0 Å². The van der Waals surface area contributed by atoms with Crippen LogP contribution < -0.4 is 15.2 Å². The monoisotopic (exact) mass is 239 g/mol. The summed E-state index contributed by atoms with van der Waals surface area (Å²) in [6, 6.07) is 5.85. The van der Waals surface area contributed by atoms with Crippen molar-refractivity contribution in [1.29, 1.82) is 0 Å². The van der Waals surface area contributed by atoms with E-state index < -0.39 is 0 Å². The first-order chi connectivity index (χ1) is 8.31. The van der Waals surface area contributed by atoms with E-state index in [2.05, 4.69) is 0 Å². The summed E-state index contributed by atoms with van der Waals surface area (Å²) in [6.07, 6.45) is 2.42. The van der Waals surface area contributed by atoms with Crippen molar-refractivity contribution in [2.24, 2.45) is 5.73 Å². The predicted molar refractivity (Wildman–Crippen MR) is 67.6 cm³/mol. The van der Waals surface area contributed by atoms with Crippen molar-refractivity contribution >= 4 is 0 Å². The molecule has 0 amide bonds. The Balaban J connectivity index is 2.62. The summed E-state index contributed by atoms with van der Waals surface area (Å²) < 4.78 is 10.9. The van der Waals surface area contributed by atoms with Gasteiger partial charge in [-0.05, 0) is 43.5 Å². The van der Waals surface area contributed by atoms with Gasteiger partial charge in [-0.15, -0.1) is 0 Å². The zero-order valence-corrected chi connectivity index (χ0v) is 10.3. The molecule has 0 bridgehead atoms. The Morgan fingerprint density at radius 2 is 2.06 bits per heavy atom. The lowest BCUT2D eigenvalue weighted by molar-refractivity contribution is 0.247. The summed E-state index contributed by atoms with van der Waals surface area (Å²) in [7, 11) is 1.62. The second kappa shape index (κ2) is 7.92. The van der Waals surface area contributed by atoms with E-state index in [1.165, 1.54) is 0 Å². The Bertz CT molecular complexity index is 328. The van der Waals surface area contributed by atoms with Gasteiger partial charge in [-0.25, -0.2) is 0 Å². The molecule has 0 aliphatic heterocycles. The molecular formula is C13H21NO3. The highest BCUT2D eigenvalue weighted by molar-refractivity contribution is 5.43. The zero-order valence-electron chi connectivity index (χ0n) is 10.3. The number of nitrogens with two attached hydrogens (primary N) is 1. The summed E-state index contributed by atoms with van der Waals surface area (Å²) >= 11 is 0. The first-order valence-corrected chi connectivity index (χ1v) is 5.92. The molecule has 0 aliphatic carbocycles. The van der Waals surface area contributed by atoms with Crippen LogP contribution in [0.3, 0.4) is 0 Å². The SMILES string of the molecule is COc1ccc(CCN)cc1OCCCCO. The molecule has 1 aromatic carbocycles. The molecule has 96 valence electrons. The van der Waals surface area contributed by atoms with Gasteiger partial charge in [-0.2, -0.15) is 0 Å². The smallest absolute Gasteiger partial charge is 0.161 e. The average Bonchev–Trinajstić information content (AvgIpc) is 2.35. The molecule has 0 atom stereocenters. The molecule has 0 radical (unpaired) electrons. The Hall–Kier alpha value is -1.26. The van der Waals surface area contributed by atoms with Crippen molar-refractivity contribution in [1.82, 2.24) is 0 Å². The molecule has 1 rings (SSSR count). The minimum Gasteiger partial charge on any atom is -0.493 e. The molecule has 0 spiro atoms. The summed E-state index contributed by atoms with van der Waals surface area (Å²) in [5, 5.41) is 8.68. The van der Waals surface area contributed by atoms with Crippen LogP contribution in [0.2, 0.25) is 0 Å². The molecule has 3 N–H and O–H groups in total. The molecule has 0 aliphatic rings. The van der Waals surface area contributed by atoms with E-state index in [9.17, 15) is 0 Å². The van der Waals surface area contributed by atoms with Crippen molar-refractivity contribution < 1.29 is 14.6 Å². The largest absolute Gasteiger partial charge is 0.493 e. The number of unbranched alkanes of at least 4 members (excludes halogenated alkanes) is 1. The maximum Gasteiger partial charge on any atom is 0.161 e. The lowest BCUT2D eigenvalue weighted by atomic mass is 10.1. The van der Waals surface area contributed by atoms with E-state index in [1.807, 2.05) is 18.2 Å². The maximum absolute atomic E-state index is 8.68. The van der Waals surface area contributed by atoms with E-state index in [0.717, 1.165) is 36.3 Å². The van der Waals surface area contributed by atoms with Crippen molar-refractivity contribution in [3.63, 3.8) is 0 Å². The lowest BCUT2D eigenvalue weighted by Gasteiger charge is -2.12. The van der Waals surface area contributed by atoms with Crippen molar-refractivity contribution in [2.45, 2.75) is 19.3 Å². The third-order valence-electron chi connectivity index (χ3n) is 2.47. The van der Waals surface area contributed by atoms with Crippen molar-refractivity contribution in [2.75, 3.05) is 26.9 Å². The maximum atomic E-state index is 8.68. The highest BCUT2D eigenvalue weighted by atomic mass is 16.5. The van der Waals surface area contributed by atoms with Crippen LogP contribution >= 0.6 is 0 Å². The van der Waals surface area contributed by atoms with Crippen LogP contribution in [0.4, 0.5) is 0 Å². The summed E-state index contributed by atoms with van der Waals surface area (Å²) in [6.45, 7) is 1.41. The van der Waals surface area contributed by atoms with Gasteiger partial charge in [0.1, 0.15) is 0 Å². The van der Waals surface area contributed by atoms with Gasteiger partial charge in [0.2, 0.25) is 0 Å². The number of benzene rings is 1. The quantitative estimate of drug-likeness (QED) is 0.672. The fourth-order valence-electron chi connectivity index (χ4n) is 1.55. The predicted octanol–water partition coefficient (Wildman–Crippen LogP) is 1.35. The second-order valence-corrected chi connectivity index (χ2v) is 3.80. The van der Waals surface area contributed by atoms with Gasteiger partial charge in [0.15, 0.2) is 11.5 Å². The second-order valence-electron chi connectivity index (χ2n) is 3.80. The van der Waals surface area contributed by atoms with E-state index in [1.54, 1.807) is 7.11 Å². The number of ether oxygens (including phenoxy) is 2. The molecule has 17 heavy (non-hydrogen) atoms. The number of aliphatic hydroxyl groups is 1. The average molecular weight is 239 g/mol. The fourth-order valence-corrected chi connectivity index (χ4v) is 1.55. The fraction of sp³-hybridized carbons (Fsp3) is 0.538. The normalized spacial score (nSPS) is 10.3. The van der Waals surface area contributed by atoms with E-state index >= 15 is 0 Å². The first kappa shape index (κ1) is 13.8. The first-order valence-electron chi connectivity index (χ1n) is 5.92. The Morgan fingerprint density at radius 3 is 2.71 bits per heavy atom. The van der Waals surface area contributed by atoms with Crippen LogP contribution in [0.15, 0.2) is 18.2 Å². The third kappa shape index (κ3) is 4.63. The van der Waals surface area contributed by atoms with Gasteiger partial charge >= 0.3 is 0 Å². The molecule has 0 heterocycles. The van der Waals surface area contributed by atoms with Gasteiger partial charge in [-0.3, -0.25) is 0 Å². The Labute approximate surface area is 102 Å². The van der Waals surface area contributed by atoms with Crippen LogP contribution in [0, 0.1) is 0 Å². The number of aliphatic hydroxyl groups excluding tert-OH is 1. The zero-order chi connectivity index (χ0) is 12.5. The molecule has 0 saturated carbocycles. The molecule has 1 aromatic rings. The summed E-state index contributed by atoms with van der Waals surface area (Å²) in [4.78, 5) is 0. The molecule has 0 saturated heterocycles. The topological polar surface area (TPSA) is 64.7 Å². The number of hydrogen-bond acceptors (Lipinski definition) is 4. The van der Waals surface area contributed by atoms with Gasteiger partial charge < -0.3 is 20.3 Å². The van der Waals surface area contributed by atoms with E-state index in [0.29, 0.717) is 13.2 Å². The van der Waals surface area contributed by atoms with Gasteiger partial charge in [0, 0.05) is 6.61 Å². The van der Waals surface area contributed by atoms with Crippen LogP contribution in [0.5, 0.6) is 11.5 Å². The van der Waals surface area contributed by atoms with Crippen molar-refractivity contribution in [3.05, 3.63) is 23.8 Å². The van der Waals surface area contributed by atoms with Crippen LogP contribution in [-0.4, -0.2) is 32.0 Å². The highest BCUT2D eigenvalue weighted by Gasteiger charge is 2.05. The summed E-state index contributed by atoms with van der Waals surface area (Å²) in [5.74, 6) is 1.48. The molecule has 0 aromatic heterocycles. The number of hydrogen-bond donors (Lipinski definition) is 2. The van der Waals surface area contributed by atoms with Gasteiger partial charge in [0.05, 0.1) is 13.7 Å². The third-order valence-corrected chi connectivity index (χ3v) is 2.47. The molecular weight excluding hydrogens is 218 g/mol. The van der Waals surface area contributed by atoms with Gasteiger partial charge in [-0.1, -0.05) is 6.07 Å². The Morgan fingerprint density at radius 1 is 1.24 bits per heavy atom. The van der Waals surface area contributed by atoms with E-state index in [4.69, 9.17) is 20.3 Å². The lowest BCUT2D eigenvalue weighted by Crippen LogP contribution is -2.04. The van der Waals surface area contributed by atoms with E-state index in [-0.39, 0.29) is 6.61 Å². The van der Waals surface area contributed by atoms with Crippen LogP contribution in [0.25, 0.3) is 0 Å². The number of rotatable bonds is 8. The Kier molecular flexibility index (Phi) is 6.43. The minimum atomic E-state index is 0.202. The molecule has 0 fully saturated rings. The number of methoxy groups -OCH3 is 1. The standard InChI is InChI=1S/C13H21NO3/c1-16-12-5-4-11(6-7-14)10-13(12)17-9-3-2-8-15/h4-5,10,15H,2-3,6-9,14H2,1H3. The molecule has 0 unspecified atom stereocenters. The van der Waals surface area contributed by atoms with Crippen molar-refractivity contribution in [3.8, 4) is 11.5 Å². The highest BCUT2D eigenvalue weighted by Crippen LogP contribution is 2.28.